The molecule has 0 radical (unpaired) electrons. The van der Waals surface area contributed by atoms with E-state index in [2.05, 4.69) is 6.92 Å². The molecule has 0 saturated heterocycles. The highest BCUT2D eigenvalue weighted by Gasteiger charge is 2.48. The van der Waals surface area contributed by atoms with E-state index in [0.717, 1.165) is 37.0 Å². The van der Waals surface area contributed by atoms with Crippen LogP contribution >= 0.6 is 0 Å². The summed E-state index contributed by atoms with van der Waals surface area (Å²) in [6.45, 7) is 3.57. The maximum absolute atomic E-state index is 12.6. The molecule has 2 atom stereocenters. The maximum Gasteiger partial charge on any atom is 0.225 e. The fraction of sp³-hybridized carbons (Fsp3) is 0.588. The van der Waals surface area contributed by atoms with Crippen LogP contribution in [0.25, 0.3) is 0 Å². The van der Waals surface area contributed by atoms with Crippen LogP contribution in [0, 0.1) is 17.8 Å². The van der Waals surface area contributed by atoms with Gasteiger partial charge in [-0.2, -0.15) is 0 Å². The fourth-order valence-electron chi connectivity index (χ4n) is 3.47. The maximum atomic E-state index is 12.6. The number of carbonyl (C=O) groups is 1. The minimum absolute atomic E-state index is 0.289. The average Bonchev–Trinajstić information content (AvgIpc) is 3.10. The van der Waals surface area contributed by atoms with Crippen LogP contribution in [0.3, 0.4) is 0 Å². The minimum atomic E-state index is 0.289. The smallest absolute Gasteiger partial charge is 0.225 e. The van der Waals surface area contributed by atoms with Crippen LogP contribution in [0.4, 0.5) is 0 Å². The van der Waals surface area contributed by atoms with Gasteiger partial charge in [0.2, 0.25) is 5.91 Å². The Morgan fingerprint density at radius 1 is 1.20 bits per heavy atom. The molecule has 1 aromatic rings. The minimum Gasteiger partial charge on any atom is -0.497 e. The number of rotatable bonds is 5. The Morgan fingerprint density at radius 3 is 2.40 bits per heavy atom. The Morgan fingerprint density at radius 2 is 1.85 bits per heavy atom. The molecule has 2 unspecified atom stereocenters. The summed E-state index contributed by atoms with van der Waals surface area (Å²) in [4.78, 5) is 14.6. The number of amides is 1. The number of nitrogens with zero attached hydrogens (tertiary/aromatic N) is 1. The van der Waals surface area contributed by atoms with Crippen molar-refractivity contribution in [1.82, 2.24) is 4.90 Å². The molecule has 20 heavy (non-hydrogen) atoms. The van der Waals surface area contributed by atoms with Crippen LogP contribution in [-0.2, 0) is 11.3 Å². The fourth-order valence-corrected chi connectivity index (χ4v) is 3.47. The second kappa shape index (κ2) is 5.47. The monoisotopic (exact) mass is 273 g/mol. The van der Waals surface area contributed by atoms with Crippen LogP contribution in [0.1, 0.15) is 31.7 Å². The van der Waals surface area contributed by atoms with Gasteiger partial charge in [0.05, 0.1) is 7.11 Å². The Kier molecular flexibility index (Phi) is 3.68. The molecule has 0 aromatic heterocycles. The van der Waals surface area contributed by atoms with E-state index in [1.54, 1.807) is 7.11 Å². The molecule has 0 bridgehead atoms. The second-order valence-corrected chi connectivity index (χ2v) is 6.12. The topological polar surface area (TPSA) is 29.5 Å². The van der Waals surface area contributed by atoms with Gasteiger partial charge in [0.1, 0.15) is 5.75 Å². The molecule has 0 N–H and O–H groups in total. The van der Waals surface area contributed by atoms with Gasteiger partial charge in [-0.15, -0.1) is 0 Å². The first kappa shape index (κ1) is 13.5. The largest absolute Gasteiger partial charge is 0.497 e. The summed E-state index contributed by atoms with van der Waals surface area (Å²) in [6.07, 6.45) is 3.62. The zero-order valence-corrected chi connectivity index (χ0v) is 12.3. The van der Waals surface area contributed by atoms with E-state index >= 15 is 0 Å². The molecule has 0 aliphatic heterocycles. The number of hydrogen-bond donors (Lipinski definition) is 0. The van der Waals surface area contributed by atoms with Gasteiger partial charge in [-0.05, 0) is 55.7 Å². The Hall–Kier alpha value is -1.51. The van der Waals surface area contributed by atoms with Crippen LogP contribution in [-0.4, -0.2) is 24.5 Å². The molecular formula is C17H23NO2. The number of carbonyl (C=O) groups excluding carboxylic acids is 1. The van der Waals surface area contributed by atoms with Crippen molar-refractivity contribution in [2.75, 3.05) is 13.7 Å². The predicted octanol–water partition coefficient (Wildman–Crippen LogP) is 3.09. The third kappa shape index (κ3) is 2.67. The SMILES string of the molecule is CCN(Cc1ccc(OC)cc1)C(=O)C1CC2CC2C1. The molecule has 3 heteroatoms. The lowest BCUT2D eigenvalue weighted by Gasteiger charge is -2.25. The van der Waals surface area contributed by atoms with Gasteiger partial charge in [-0.3, -0.25) is 4.79 Å². The van der Waals surface area contributed by atoms with Crippen molar-refractivity contribution in [1.29, 1.82) is 0 Å². The number of methoxy groups -OCH3 is 1. The van der Waals surface area contributed by atoms with E-state index in [0.29, 0.717) is 12.5 Å². The van der Waals surface area contributed by atoms with E-state index in [1.807, 2.05) is 29.2 Å². The van der Waals surface area contributed by atoms with Crippen LogP contribution in [0.15, 0.2) is 24.3 Å². The highest BCUT2D eigenvalue weighted by molar-refractivity contribution is 5.79. The zero-order chi connectivity index (χ0) is 14.1. The highest BCUT2D eigenvalue weighted by atomic mass is 16.5. The second-order valence-electron chi connectivity index (χ2n) is 6.12. The summed E-state index contributed by atoms with van der Waals surface area (Å²) in [5, 5.41) is 0. The third-order valence-electron chi connectivity index (χ3n) is 4.82. The molecule has 3 rings (SSSR count). The van der Waals surface area contributed by atoms with E-state index in [9.17, 15) is 4.79 Å². The molecule has 2 fully saturated rings. The summed E-state index contributed by atoms with van der Waals surface area (Å²) < 4.78 is 5.17. The van der Waals surface area contributed by atoms with Crippen LogP contribution in [0.5, 0.6) is 5.75 Å². The van der Waals surface area contributed by atoms with Gasteiger partial charge in [0.25, 0.3) is 0 Å². The first-order valence-electron chi connectivity index (χ1n) is 7.63. The summed E-state index contributed by atoms with van der Waals surface area (Å²) in [5.41, 5.74) is 1.17. The molecule has 1 amide bonds. The van der Waals surface area contributed by atoms with Gasteiger partial charge >= 0.3 is 0 Å². The summed E-state index contributed by atoms with van der Waals surface area (Å²) in [7, 11) is 1.67. The van der Waals surface area contributed by atoms with E-state index < -0.39 is 0 Å². The number of hydrogen-bond acceptors (Lipinski definition) is 2. The summed E-state index contributed by atoms with van der Waals surface area (Å²) >= 11 is 0. The van der Waals surface area contributed by atoms with E-state index in [4.69, 9.17) is 4.74 Å². The average molecular weight is 273 g/mol. The third-order valence-corrected chi connectivity index (χ3v) is 4.82. The van der Waals surface area contributed by atoms with Gasteiger partial charge in [-0.1, -0.05) is 12.1 Å². The lowest BCUT2D eigenvalue weighted by molar-refractivity contribution is -0.136. The molecule has 3 nitrogen and oxygen atoms in total. The van der Waals surface area contributed by atoms with Crippen LogP contribution in [0.2, 0.25) is 0 Å². The van der Waals surface area contributed by atoms with Crippen molar-refractivity contribution < 1.29 is 9.53 Å². The van der Waals surface area contributed by atoms with Crippen molar-refractivity contribution in [2.24, 2.45) is 17.8 Å². The number of fused-ring (bicyclic) bond motifs is 1. The zero-order valence-electron chi connectivity index (χ0n) is 12.3. The van der Waals surface area contributed by atoms with Gasteiger partial charge in [0.15, 0.2) is 0 Å². The Bertz CT molecular complexity index is 472. The van der Waals surface area contributed by atoms with E-state index in [1.165, 1.54) is 12.0 Å². The lowest BCUT2D eigenvalue weighted by Crippen LogP contribution is -2.35. The van der Waals surface area contributed by atoms with Crippen LogP contribution < -0.4 is 4.74 Å². The van der Waals surface area contributed by atoms with Gasteiger partial charge < -0.3 is 9.64 Å². The van der Waals surface area contributed by atoms with Crippen molar-refractivity contribution in [3.63, 3.8) is 0 Å². The molecular weight excluding hydrogens is 250 g/mol. The van der Waals surface area contributed by atoms with Gasteiger partial charge in [-0.25, -0.2) is 0 Å². The molecule has 0 spiro atoms. The van der Waals surface area contributed by atoms with Crippen molar-refractivity contribution >= 4 is 5.91 Å². The van der Waals surface area contributed by atoms with Gasteiger partial charge in [0, 0.05) is 19.0 Å². The van der Waals surface area contributed by atoms with E-state index in [-0.39, 0.29) is 5.92 Å². The van der Waals surface area contributed by atoms with Crippen molar-refractivity contribution in [3.8, 4) is 5.75 Å². The highest BCUT2D eigenvalue weighted by Crippen LogP contribution is 2.54. The first-order chi connectivity index (χ1) is 9.71. The number of benzene rings is 1. The molecule has 2 aliphatic carbocycles. The molecule has 0 heterocycles. The van der Waals surface area contributed by atoms with Crippen molar-refractivity contribution in [3.05, 3.63) is 29.8 Å². The molecule has 2 aliphatic rings. The quantitative estimate of drug-likeness (QED) is 0.825. The predicted molar refractivity (Wildman–Crippen MR) is 78.4 cm³/mol. The van der Waals surface area contributed by atoms with Crippen molar-refractivity contribution in [2.45, 2.75) is 32.7 Å². The summed E-state index contributed by atoms with van der Waals surface area (Å²) in [6, 6.07) is 8.00. The normalized spacial score (nSPS) is 27.0. The molecule has 2 saturated carbocycles. The number of ether oxygens (including phenoxy) is 1. The lowest BCUT2D eigenvalue weighted by atomic mass is 10.0. The standard InChI is InChI=1S/C17H23NO2/c1-3-18(11-12-4-6-16(20-2)7-5-12)17(19)15-9-13-8-14(13)10-15/h4-7,13-15H,3,8-11H2,1-2H3. The molecule has 1 aromatic carbocycles. The molecule has 108 valence electrons. The Balaban J connectivity index is 1.61. The summed E-state index contributed by atoms with van der Waals surface area (Å²) in [5.74, 6) is 3.23. The first-order valence-corrected chi connectivity index (χ1v) is 7.63. The Labute approximate surface area is 120 Å².